The molecule has 0 aliphatic carbocycles. The minimum atomic E-state index is 0.931. The van der Waals surface area contributed by atoms with E-state index in [9.17, 15) is 0 Å². The van der Waals surface area contributed by atoms with Gasteiger partial charge in [-0.15, -0.1) is 11.3 Å². The predicted octanol–water partition coefficient (Wildman–Crippen LogP) is 9.89. The van der Waals surface area contributed by atoms with Gasteiger partial charge in [-0.25, -0.2) is 0 Å². The first-order valence-electron chi connectivity index (χ1n) is 10.9. The van der Waals surface area contributed by atoms with Crippen molar-refractivity contribution in [3.05, 3.63) is 107 Å². The molecule has 3 heteroatoms. The van der Waals surface area contributed by atoms with E-state index in [0.717, 1.165) is 16.6 Å². The zero-order chi connectivity index (χ0) is 21.9. The van der Waals surface area contributed by atoms with Gasteiger partial charge < -0.3 is 4.42 Å². The summed E-state index contributed by atoms with van der Waals surface area (Å²) in [4.78, 5) is 0. The number of hydrogen-bond acceptors (Lipinski definition) is 2. The highest BCUT2D eigenvalue weighted by molar-refractivity contribution is 14.1. The highest BCUT2D eigenvalue weighted by Crippen LogP contribution is 2.44. The molecule has 0 aliphatic heterocycles. The number of benzene rings is 5. The Labute approximate surface area is 208 Å². The van der Waals surface area contributed by atoms with Gasteiger partial charge in [0.1, 0.15) is 11.2 Å². The van der Waals surface area contributed by atoms with Crippen molar-refractivity contribution >= 4 is 76.0 Å². The largest absolute Gasteiger partial charge is 0.456 e. The molecule has 0 radical (unpaired) electrons. The van der Waals surface area contributed by atoms with Crippen LogP contribution < -0.4 is 0 Å². The van der Waals surface area contributed by atoms with Gasteiger partial charge in [0.15, 0.2) is 0 Å². The highest BCUT2D eigenvalue weighted by Gasteiger charge is 2.18. The van der Waals surface area contributed by atoms with Crippen LogP contribution in [0.4, 0.5) is 0 Å². The number of rotatable bonds is 2. The van der Waals surface area contributed by atoms with Crippen LogP contribution in [0.5, 0.6) is 0 Å². The van der Waals surface area contributed by atoms with Gasteiger partial charge in [0.05, 0.1) is 0 Å². The van der Waals surface area contributed by atoms with Crippen LogP contribution in [0.25, 0.3) is 64.4 Å². The zero-order valence-corrected chi connectivity index (χ0v) is 20.5. The van der Waals surface area contributed by atoms with Crippen LogP contribution in [-0.4, -0.2) is 0 Å². The maximum Gasteiger partial charge on any atom is 0.136 e. The van der Waals surface area contributed by atoms with Crippen molar-refractivity contribution in [2.24, 2.45) is 0 Å². The average Bonchev–Trinajstić information content (AvgIpc) is 3.42. The second-order valence-electron chi connectivity index (χ2n) is 8.22. The molecule has 0 saturated heterocycles. The van der Waals surface area contributed by atoms with Crippen LogP contribution in [0.1, 0.15) is 0 Å². The van der Waals surface area contributed by atoms with E-state index < -0.39 is 0 Å². The molecule has 1 nitrogen and oxygen atoms in total. The molecule has 0 amide bonds. The molecule has 0 fully saturated rings. The Bertz CT molecular complexity index is 1710. The van der Waals surface area contributed by atoms with E-state index in [0.29, 0.717) is 0 Å². The fourth-order valence-corrected chi connectivity index (χ4v) is 7.02. The maximum atomic E-state index is 6.16. The molecular weight excluding hydrogens is 535 g/mol. The van der Waals surface area contributed by atoms with E-state index in [1.165, 1.54) is 51.4 Å². The summed E-state index contributed by atoms with van der Waals surface area (Å²) in [6.07, 6.45) is 0. The van der Waals surface area contributed by atoms with Gasteiger partial charge in [0.25, 0.3) is 0 Å². The Morgan fingerprint density at radius 1 is 0.485 bits per heavy atom. The lowest BCUT2D eigenvalue weighted by Crippen LogP contribution is -1.89. The summed E-state index contributed by atoms with van der Waals surface area (Å²) in [5, 5.41) is 5.02. The van der Waals surface area contributed by atoms with Crippen molar-refractivity contribution in [1.29, 1.82) is 0 Å². The second-order valence-corrected chi connectivity index (χ2v) is 10.4. The van der Waals surface area contributed by atoms with E-state index in [4.69, 9.17) is 4.42 Å². The first kappa shape index (κ1) is 19.3. The van der Waals surface area contributed by atoms with Crippen molar-refractivity contribution in [3.8, 4) is 22.3 Å². The van der Waals surface area contributed by atoms with Crippen molar-refractivity contribution < 1.29 is 4.42 Å². The van der Waals surface area contributed by atoms with Gasteiger partial charge in [-0.1, -0.05) is 78.9 Å². The summed E-state index contributed by atoms with van der Waals surface area (Å²) in [5.74, 6) is 0. The molecule has 33 heavy (non-hydrogen) atoms. The Balaban J connectivity index is 1.53. The molecule has 7 aromatic rings. The zero-order valence-electron chi connectivity index (χ0n) is 17.5. The molecular formula is C30H17IOS. The van der Waals surface area contributed by atoms with Crippen molar-refractivity contribution in [3.63, 3.8) is 0 Å². The van der Waals surface area contributed by atoms with Gasteiger partial charge in [0, 0.05) is 34.5 Å². The molecule has 0 N–H and O–H groups in total. The van der Waals surface area contributed by atoms with Gasteiger partial charge >= 0.3 is 0 Å². The Kier molecular flexibility index (Phi) is 4.36. The fourth-order valence-electron chi connectivity index (χ4n) is 4.95. The van der Waals surface area contributed by atoms with Crippen LogP contribution in [0.2, 0.25) is 0 Å². The Morgan fingerprint density at radius 2 is 1.06 bits per heavy atom. The van der Waals surface area contributed by atoms with E-state index in [-0.39, 0.29) is 0 Å². The molecule has 0 unspecified atom stereocenters. The molecule has 156 valence electrons. The average molecular weight is 552 g/mol. The quantitative estimate of drug-likeness (QED) is 0.195. The summed E-state index contributed by atoms with van der Waals surface area (Å²) in [7, 11) is 0. The molecule has 0 spiro atoms. The normalized spacial score (nSPS) is 11.8. The molecule has 5 aromatic carbocycles. The number of para-hydroxylation sites is 1. The molecule has 7 rings (SSSR count). The summed E-state index contributed by atoms with van der Waals surface area (Å²) >= 11 is 4.40. The summed E-state index contributed by atoms with van der Waals surface area (Å²) in [6, 6.07) is 36.7. The molecule has 2 heterocycles. The molecule has 0 saturated carbocycles. The van der Waals surface area contributed by atoms with E-state index in [1.807, 2.05) is 23.5 Å². The maximum absolute atomic E-state index is 6.16. The SMILES string of the molecule is Ic1c(-c2cccc3oc4ccccc4c23)cccc1-c1cccc2sc3ccccc3c12. The van der Waals surface area contributed by atoms with Crippen molar-refractivity contribution in [1.82, 2.24) is 0 Å². The van der Waals surface area contributed by atoms with Gasteiger partial charge in [-0.05, 0) is 69.1 Å². The number of hydrogen-bond donors (Lipinski definition) is 0. The lowest BCUT2D eigenvalue weighted by molar-refractivity contribution is 0.669. The molecule has 0 bridgehead atoms. The van der Waals surface area contributed by atoms with Crippen LogP contribution in [0, 0.1) is 3.57 Å². The molecule has 0 aliphatic rings. The van der Waals surface area contributed by atoms with Gasteiger partial charge in [0.2, 0.25) is 0 Å². The van der Waals surface area contributed by atoms with Crippen molar-refractivity contribution in [2.45, 2.75) is 0 Å². The third kappa shape index (κ3) is 2.89. The first-order valence-corrected chi connectivity index (χ1v) is 12.8. The minimum Gasteiger partial charge on any atom is -0.456 e. The lowest BCUT2D eigenvalue weighted by Gasteiger charge is -2.13. The van der Waals surface area contributed by atoms with Crippen LogP contribution in [0.15, 0.2) is 108 Å². The van der Waals surface area contributed by atoms with E-state index in [1.54, 1.807) is 0 Å². The van der Waals surface area contributed by atoms with Crippen molar-refractivity contribution in [2.75, 3.05) is 0 Å². The topological polar surface area (TPSA) is 13.1 Å². The van der Waals surface area contributed by atoms with Gasteiger partial charge in [-0.2, -0.15) is 0 Å². The van der Waals surface area contributed by atoms with E-state index >= 15 is 0 Å². The predicted molar refractivity (Wildman–Crippen MR) is 150 cm³/mol. The number of furan rings is 1. The van der Waals surface area contributed by atoms with Crippen LogP contribution in [0.3, 0.4) is 0 Å². The first-order chi connectivity index (χ1) is 16.3. The smallest absolute Gasteiger partial charge is 0.136 e. The fraction of sp³-hybridized carbons (Fsp3) is 0. The van der Waals surface area contributed by atoms with E-state index in [2.05, 4.69) is 114 Å². The minimum absolute atomic E-state index is 0.931. The number of thiophene rings is 1. The van der Waals surface area contributed by atoms with Crippen LogP contribution >= 0.6 is 33.9 Å². The standard InChI is InChI=1S/C30H17IOS/c31-30-20(18-10-6-15-25-28(18)22-8-1-3-14-24(22)32-25)12-5-13-21(30)19-11-7-17-27-29(19)23-9-2-4-16-26(23)33-27/h1-17H. The monoisotopic (exact) mass is 552 g/mol. The third-order valence-electron chi connectivity index (χ3n) is 6.38. The Hall–Kier alpha value is -3.15. The number of fused-ring (bicyclic) bond motifs is 6. The lowest BCUT2D eigenvalue weighted by atomic mass is 9.94. The summed E-state index contributed by atoms with van der Waals surface area (Å²) in [6.45, 7) is 0. The molecule has 0 atom stereocenters. The summed E-state index contributed by atoms with van der Waals surface area (Å²) in [5.41, 5.74) is 6.88. The number of halogens is 1. The second kappa shape index (κ2) is 7.44. The summed E-state index contributed by atoms with van der Waals surface area (Å²) < 4.78 is 10.1. The molecule has 2 aromatic heterocycles. The van der Waals surface area contributed by atoms with Gasteiger partial charge in [-0.3, -0.25) is 0 Å². The Morgan fingerprint density at radius 3 is 1.91 bits per heavy atom. The highest BCUT2D eigenvalue weighted by atomic mass is 127. The third-order valence-corrected chi connectivity index (χ3v) is 8.68. The van der Waals surface area contributed by atoms with Crippen LogP contribution in [-0.2, 0) is 0 Å².